The van der Waals surface area contributed by atoms with E-state index in [1.807, 2.05) is 18.2 Å². The van der Waals surface area contributed by atoms with Crippen molar-refractivity contribution in [2.45, 2.75) is 32.3 Å². The third-order valence-electron chi connectivity index (χ3n) is 3.25. The number of aliphatic hydroxyl groups excluding tert-OH is 1. The second-order valence-electron chi connectivity index (χ2n) is 4.46. The molecule has 1 aromatic carbocycles. The van der Waals surface area contributed by atoms with Crippen LogP contribution >= 0.6 is 0 Å². The Morgan fingerprint density at radius 3 is 2.07 bits per heavy atom. The van der Waals surface area contributed by atoms with Gasteiger partial charge in [0.25, 0.3) is 0 Å². The van der Waals surface area contributed by atoms with E-state index in [0.717, 1.165) is 18.3 Å². The van der Waals surface area contributed by atoms with E-state index < -0.39 is 0 Å². The summed E-state index contributed by atoms with van der Waals surface area (Å²) in [5.74, 6) is 1.68. The van der Waals surface area contributed by atoms with Gasteiger partial charge in [-0.3, -0.25) is 0 Å². The van der Waals surface area contributed by atoms with Gasteiger partial charge in [0.1, 0.15) is 0 Å². The highest BCUT2D eigenvalue weighted by atomic mass is 16.3. The molecule has 0 spiro atoms. The second kappa shape index (κ2) is 4.14. The van der Waals surface area contributed by atoms with Gasteiger partial charge in [0, 0.05) is 0 Å². The highest BCUT2D eigenvalue weighted by molar-refractivity contribution is 5.11. The first-order chi connectivity index (χ1) is 6.77. The predicted molar refractivity (Wildman–Crippen MR) is 58.0 cm³/mol. The van der Waals surface area contributed by atoms with Crippen molar-refractivity contribution in [3.63, 3.8) is 0 Å². The van der Waals surface area contributed by atoms with Gasteiger partial charge in [-0.2, -0.15) is 0 Å². The van der Waals surface area contributed by atoms with E-state index in [1.54, 1.807) is 0 Å². The number of aryl methyl sites for hydroxylation is 1. The molecule has 3 rings (SSSR count). The molecule has 1 aromatic rings. The Kier molecular flexibility index (Phi) is 2.87. The molecule has 1 N–H and O–H groups in total. The molecule has 3 atom stereocenters. The summed E-state index contributed by atoms with van der Waals surface area (Å²) in [5.41, 5.74) is 1.32. The van der Waals surface area contributed by atoms with E-state index in [9.17, 15) is 0 Å². The summed E-state index contributed by atoms with van der Waals surface area (Å²) < 4.78 is 0. The molecular weight excluding hydrogens is 172 g/mol. The van der Waals surface area contributed by atoms with E-state index in [1.165, 1.54) is 18.4 Å². The molecule has 0 bridgehead atoms. The van der Waals surface area contributed by atoms with E-state index >= 15 is 0 Å². The van der Waals surface area contributed by atoms with E-state index in [-0.39, 0.29) is 6.10 Å². The van der Waals surface area contributed by atoms with Crippen molar-refractivity contribution in [2.75, 3.05) is 0 Å². The van der Waals surface area contributed by atoms with Gasteiger partial charge in [0.2, 0.25) is 0 Å². The Balaban J connectivity index is 0.000000107. The standard InChI is InChI=1S/C7H8.C6H10O/c1-7-5-3-2-4-6-7;7-6-2-1-4-3-5(4)6/h2-6H,1H3;4-7H,1-3H2. The van der Waals surface area contributed by atoms with Crippen molar-refractivity contribution in [1.82, 2.24) is 0 Å². The van der Waals surface area contributed by atoms with Crippen molar-refractivity contribution in [3.05, 3.63) is 35.9 Å². The molecule has 0 aliphatic heterocycles. The summed E-state index contributed by atoms with van der Waals surface area (Å²) in [6.45, 7) is 2.08. The normalized spacial score (nSPS) is 32.9. The Morgan fingerprint density at radius 2 is 1.86 bits per heavy atom. The number of hydrogen-bond donors (Lipinski definition) is 1. The summed E-state index contributed by atoms with van der Waals surface area (Å²) >= 11 is 0. The monoisotopic (exact) mass is 190 g/mol. The zero-order valence-electron chi connectivity index (χ0n) is 8.69. The van der Waals surface area contributed by atoms with Crippen LogP contribution in [0.3, 0.4) is 0 Å². The first-order valence-electron chi connectivity index (χ1n) is 5.47. The molecule has 2 aliphatic carbocycles. The highest BCUT2D eigenvalue weighted by Crippen LogP contribution is 2.51. The molecule has 1 nitrogen and oxygen atoms in total. The van der Waals surface area contributed by atoms with Crippen LogP contribution in [0.4, 0.5) is 0 Å². The minimum atomic E-state index is 0.0880. The summed E-state index contributed by atoms with van der Waals surface area (Å²) in [4.78, 5) is 0. The lowest BCUT2D eigenvalue weighted by Crippen LogP contribution is -2.02. The molecule has 0 heterocycles. The van der Waals surface area contributed by atoms with Gasteiger partial charge in [-0.1, -0.05) is 35.9 Å². The average molecular weight is 190 g/mol. The summed E-state index contributed by atoms with van der Waals surface area (Å²) in [6, 6.07) is 10.3. The van der Waals surface area contributed by atoms with Crippen LogP contribution in [0, 0.1) is 18.8 Å². The maximum atomic E-state index is 9.04. The van der Waals surface area contributed by atoms with Crippen molar-refractivity contribution in [1.29, 1.82) is 0 Å². The highest BCUT2D eigenvalue weighted by Gasteiger charge is 2.47. The minimum absolute atomic E-state index is 0.0880. The molecule has 0 radical (unpaired) electrons. The average Bonchev–Trinajstić information content (AvgIpc) is 2.89. The molecule has 2 fully saturated rings. The largest absolute Gasteiger partial charge is 0.393 e. The zero-order valence-corrected chi connectivity index (χ0v) is 8.69. The molecule has 1 heteroatoms. The fourth-order valence-electron chi connectivity index (χ4n) is 2.21. The number of hydrogen-bond acceptors (Lipinski definition) is 1. The second-order valence-corrected chi connectivity index (χ2v) is 4.46. The molecule has 3 unspecified atom stereocenters. The van der Waals surface area contributed by atoms with Crippen molar-refractivity contribution in [3.8, 4) is 0 Å². The maximum absolute atomic E-state index is 9.04. The lowest BCUT2D eigenvalue weighted by Gasteiger charge is -1.97. The van der Waals surface area contributed by atoms with Gasteiger partial charge < -0.3 is 5.11 Å². The summed E-state index contributed by atoms with van der Waals surface area (Å²) in [5, 5.41) is 9.04. The van der Waals surface area contributed by atoms with E-state index in [2.05, 4.69) is 19.1 Å². The molecule has 76 valence electrons. The number of rotatable bonds is 0. The van der Waals surface area contributed by atoms with Crippen LogP contribution in [0.5, 0.6) is 0 Å². The third kappa shape index (κ3) is 2.36. The van der Waals surface area contributed by atoms with Crippen molar-refractivity contribution >= 4 is 0 Å². The fraction of sp³-hybridized carbons (Fsp3) is 0.538. The van der Waals surface area contributed by atoms with Gasteiger partial charge >= 0.3 is 0 Å². The Bertz CT molecular complexity index is 281. The number of fused-ring (bicyclic) bond motifs is 1. The van der Waals surface area contributed by atoms with Gasteiger partial charge in [-0.25, -0.2) is 0 Å². The number of aliphatic hydroxyl groups is 1. The lowest BCUT2D eigenvalue weighted by atomic mass is 10.2. The third-order valence-corrected chi connectivity index (χ3v) is 3.25. The SMILES string of the molecule is Cc1ccccc1.OC1CCC2CC12. The van der Waals surface area contributed by atoms with Crippen LogP contribution < -0.4 is 0 Å². The van der Waals surface area contributed by atoms with Crippen LogP contribution in [-0.4, -0.2) is 11.2 Å². The molecule has 14 heavy (non-hydrogen) atoms. The first-order valence-corrected chi connectivity index (χ1v) is 5.47. The van der Waals surface area contributed by atoms with Crippen LogP contribution in [0.15, 0.2) is 30.3 Å². The zero-order chi connectivity index (χ0) is 9.97. The molecular formula is C13H18O. The van der Waals surface area contributed by atoms with E-state index in [0.29, 0.717) is 0 Å². The topological polar surface area (TPSA) is 20.2 Å². The Hall–Kier alpha value is -0.820. The van der Waals surface area contributed by atoms with Crippen LogP contribution in [-0.2, 0) is 0 Å². The van der Waals surface area contributed by atoms with Crippen molar-refractivity contribution in [2.24, 2.45) is 11.8 Å². The lowest BCUT2D eigenvalue weighted by molar-refractivity contribution is 0.159. The predicted octanol–water partition coefficient (Wildman–Crippen LogP) is 2.77. The quantitative estimate of drug-likeness (QED) is 0.667. The fourth-order valence-corrected chi connectivity index (χ4v) is 2.21. The first kappa shape index (κ1) is 9.72. The van der Waals surface area contributed by atoms with Gasteiger partial charge in [-0.15, -0.1) is 0 Å². The molecule has 0 amide bonds. The molecule has 2 saturated carbocycles. The minimum Gasteiger partial charge on any atom is -0.393 e. The van der Waals surface area contributed by atoms with Crippen LogP contribution in [0.25, 0.3) is 0 Å². The van der Waals surface area contributed by atoms with Crippen LogP contribution in [0.2, 0.25) is 0 Å². The molecule has 2 aliphatic rings. The van der Waals surface area contributed by atoms with Gasteiger partial charge in [0.15, 0.2) is 0 Å². The Labute approximate surface area is 85.8 Å². The summed E-state index contributed by atoms with van der Waals surface area (Å²) in [7, 11) is 0. The maximum Gasteiger partial charge on any atom is 0.0571 e. The Morgan fingerprint density at radius 1 is 1.14 bits per heavy atom. The molecule has 0 aromatic heterocycles. The van der Waals surface area contributed by atoms with Gasteiger partial charge in [-0.05, 0) is 38.0 Å². The van der Waals surface area contributed by atoms with Crippen molar-refractivity contribution < 1.29 is 5.11 Å². The smallest absolute Gasteiger partial charge is 0.0571 e. The summed E-state index contributed by atoms with van der Waals surface area (Å²) in [6.07, 6.45) is 3.78. The number of benzene rings is 1. The van der Waals surface area contributed by atoms with Gasteiger partial charge in [0.05, 0.1) is 6.10 Å². The van der Waals surface area contributed by atoms with Crippen LogP contribution in [0.1, 0.15) is 24.8 Å². The van der Waals surface area contributed by atoms with E-state index in [4.69, 9.17) is 5.11 Å². The molecule has 0 saturated heterocycles.